The van der Waals surface area contributed by atoms with Gasteiger partial charge >= 0.3 is 0 Å². The number of ketones is 1. The van der Waals surface area contributed by atoms with Gasteiger partial charge in [-0.05, 0) is 49.2 Å². The molecule has 39 heavy (non-hydrogen) atoms. The number of amides is 2. The lowest BCUT2D eigenvalue weighted by Crippen LogP contribution is -2.48. The number of piperazine rings is 1. The Labute approximate surface area is 226 Å². The van der Waals surface area contributed by atoms with Crippen LogP contribution in [0.1, 0.15) is 36.9 Å². The lowest BCUT2D eigenvalue weighted by molar-refractivity contribution is -0.126. The highest BCUT2D eigenvalue weighted by molar-refractivity contribution is 6.16. The molecule has 1 aliphatic rings. The number of likely N-dealkylation sites (N-methyl/N-ethyl adjacent to an activating group) is 1. The molecule has 1 aliphatic heterocycles. The fourth-order valence-electron chi connectivity index (χ4n) is 4.64. The molecule has 0 radical (unpaired) electrons. The Morgan fingerprint density at radius 1 is 1.03 bits per heavy atom. The van der Waals surface area contributed by atoms with Crippen LogP contribution in [0.3, 0.4) is 0 Å². The fourth-order valence-corrected chi connectivity index (χ4v) is 4.64. The molecule has 1 saturated heterocycles. The van der Waals surface area contributed by atoms with Crippen molar-refractivity contribution in [2.45, 2.75) is 20.8 Å². The number of nitrogens with zero attached hydrogens (tertiary/aromatic N) is 4. The second kappa shape index (κ2) is 11.3. The van der Waals surface area contributed by atoms with E-state index < -0.39 is 23.0 Å². The maximum atomic E-state index is 13.1. The SMILES string of the molecule is CC(=O)c1oc2ccc(/C(C)=C/C(=O)N3CCN(c4ccccc4)CC3)cc2c1N(C)C(=O)/C(C#N)=C(/C)O. The number of anilines is 2. The van der Waals surface area contributed by atoms with Gasteiger partial charge in [-0.3, -0.25) is 14.4 Å². The minimum atomic E-state index is -0.773. The molecule has 2 heterocycles. The second-order valence-electron chi connectivity index (χ2n) is 9.46. The molecule has 3 aromatic rings. The van der Waals surface area contributed by atoms with Gasteiger partial charge in [0.25, 0.3) is 5.91 Å². The minimum absolute atomic E-state index is 0.0418. The zero-order valence-corrected chi connectivity index (χ0v) is 22.4. The summed E-state index contributed by atoms with van der Waals surface area (Å²) >= 11 is 0. The first-order valence-electron chi connectivity index (χ1n) is 12.6. The standard InChI is InChI=1S/C30H30N4O5/c1-19(16-27(37)34-14-12-33(13-15-34)23-8-6-5-7-9-23)22-10-11-26-24(17-22)28(29(39-26)21(3)36)32(4)30(38)25(18-31)20(2)35/h5-11,16-17,35H,12-15H2,1-4H3/b19-16+,25-20-. The topological polar surface area (TPSA) is 118 Å². The van der Waals surface area contributed by atoms with E-state index in [1.165, 1.54) is 20.9 Å². The van der Waals surface area contributed by atoms with Gasteiger partial charge in [-0.25, -0.2) is 0 Å². The quantitative estimate of drug-likeness (QED) is 0.214. The molecule has 9 heteroatoms. The summed E-state index contributed by atoms with van der Waals surface area (Å²) in [4.78, 5) is 43.6. The van der Waals surface area contributed by atoms with Gasteiger partial charge in [0, 0.05) is 57.3 Å². The van der Waals surface area contributed by atoms with Crippen LogP contribution in [-0.2, 0) is 9.59 Å². The van der Waals surface area contributed by atoms with Gasteiger partial charge in [-0.2, -0.15) is 5.26 Å². The fraction of sp³-hybridized carbons (Fsp3) is 0.267. The number of allylic oxidation sites excluding steroid dienone is 2. The van der Waals surface area contributed by atoms with Gasteiger partial charge in [-0.1, -0.05) is 24.3 Å². The number of para-hydroxylation sites is 1. The van der Waals surface area contributed by atoms with Crippen molar-refractivity contribution in [3.63, 3.8) is 0 Å². The van der Waals surface area contributed by atoms with E-state index in [1.54, 1.807) is 30.3 Å². The lowest BCUT2D eigenvalue weighted by Gasteiger charge is -2.35. The summed E-state index contributed by atoms with van der Waals surface area (Å²) in [7, 11) is 1.41. The second-order valence-corrected chi connectivity index (χ2v) is 9.46. The predicted molar refractivity (Wildman–Crippen MR) is 149 cm³/mol. The number of nitriles is 1. The van der Waals surface area contributed by atoms with Crippen molar-refractivity contribution in [3.8, 4) is 6.07 Å². The van der Waals surface area contributed by atoms with E-state index in [0.717, 1.165) is 23.7 Å². The van der Waals surface area contributed by atoms with Gasteiger partial charge in [0.2, 0.25) is 5.91 Å². The van der Waals surface area contributed by atoms with E-state index in [0.29, 0.717) is 35.2 Å². The molecule has 200 valence electrons. The van der Waals surface area contributed by atoms with E-state index >= 15 is 0 Å². The molecule has 0 unspecified atom stereocenters. The molecule has 1 aromatic heterocycles. The first kappa shape index (κ1) is 27.2. The average Bonchev–Trinajstić information content (AvgIpc) is 3.32. The Balaban J connectivity index is 1.60. The number of carbonyl (C=O) groups is 3. The Bertz CT molecular complexity index is 1530. The van der Waals surface area contributed by atoms with Crippen LogP contribution in [0.25, 0.3) is 16.5 Å². The van der Waals surface area contributed by atoms with Gasteiger partial charge < -0.3 is 24.2 Å². The number of hydrogen-bond donors (Lipinski definition) is 1. The molecular formula is C30H30N4O5. The normalized spacial score (nSPS) is 14.6. The van der Waals surface area contributed by atoms with Crippen molar-refractivity contribution in [1.82, 2.24) is 4.90 Å². The van der Waals surface area contributed by atoms with Crippen molar-refractivity contribution < 1.29 is 23.9 Å². The Kier molecular flexibility index (Phi) is 7.86. The summed E-state index contributed by atoms with van der Waals surface area (Å²) < 4.78 is 5.76. The van der Waals surface area contributed by atoms with Crippen LogP contribution in [-0.4, -0.2) is 60.8 Å². The monoisotopic (exact) mass is 526 g/mol. The number of furan rings is 1. The lowest BCUT2D eigenvalue weighted by atomic mass is 10.0. The number of aliphatic hydroxyl groups is 1. The van der Waals surface area contributed by atoms with E-state index in [4.69, 9.17) is 4.42 Å². The van der Waals surface area contributed by atoms with E-state index in [1.807, 2.05) is 30.0 Å². The molecule has 0 saturated carbocycles. The smallest absolute Gasteiger partial charge is 0.272 e. The molecule has 0 atom stereocenters. The zero-order valence-electron chi connectivity index (χ0n) is 22.4. The van der Waals surface area contributed by atoms with Crippen LogP contribution < -0.4 is 9.80 Å². The summed E-state index contributed by atoms with van der Waals surface area (Å²) in [6.45, 7) is 7.09. The number of carbonyl (C=O) groups excluding carboxylic acids is 3. The summed E-state index contributed by atoms with van der Waals surface area (Å²) in [5.41, 5.74) is 2.69. The number of benzene rings is 2. The highest BCUT2D eigenvalue weighted by atomic mass is 16.3. The van der Waals surface area contributed by atoms with Gasteiger partial charge in [0.15, 0.2) is 17.1 Å². The van der Waals surface area contributed by atoms with E-state index in [-0.39, 0.29) is 17.4 Å². The molecule has 1 N–H and O–H groups in total. The van der Waals surface area contributed by atoms with Gasteiger partial charge in [-0.15, -0.1) is 0 Å². The molecule has 4 rings (SSSR count). The van der Waals surface area contributed by atoms with Gasteiger partial charge in [0.1, 0.15) is 23.1 Å². The Morgan fingerprint density at radius 2 is 1.69 bits per heavy atom. The van der Waals surface area contributed by atoms with Crippen molar-refractivity contribution >= 4 is 45.5 Å². The van der Waals surface area contributed by atoms with Crippen LogP contribution in [0.2, 0.25) is 0 Å². The zero-order chi connectivity index (χ0) is 28.3. The maximum absolute atomic E-state index is 13.1. The molecule has 0 spiro atoms. The molecule has 0 bridgehead atoms. The molecule has 2 amide bonds. The summed E-state index contributed by atoms with van der Waals surface area (Å²) in [5, 5.41) is 19.6. The molecule has 2 aromatic carbocycles. The highest BCUT2D eigenvalue weighted by Gasteiger charge is 2.28. The molecule has 0 aliphatic carbocycles. The average molecular weight is 527 g/mol. The molecule has 9 nitrogen and oxygen atoms in total. The first-order chi connectivity index (χ1) is 18.6. The largest absolute Gasteiger partial charge is 0.511 e. The Morgan fingerprint density at radius 3 is 2.28 bits per heavy atom. The van der Waals surface area contributed by atoms with Crippen LogP contribution in [0.15, 0.2) is 70.4 Å². The molecule has 1 fully saturated rings. The predicted octanol–water partition coefficient (Wildman–Crippen LogP) is 4.71. The van der Waals surface area contributed by atoms with E-state index in [2.05, 4.69) is 17.0 Å². The summed E-state index contributed by atoms with van der Waals surface area (Å²) in [5.74, 6) is -1.73. The third-order valence-electron chi connectivity index (χ3n) is 6.82. The van der Waals surface area contributed by atoms with Crippen LogP contribution in [0, 0.1) is 11.3 Å². The van der Waals surface area contributed by atoms with Crippen molar-refractivity contribution in [2.75, 3.05) is 43.0 Å². The van der Waals surface area contributed by atoms with E-state index in [9.17, 15) is 24.8 Å². The summed E-state index contributed by atoms with van der Waals surface area (Å²) in [6.07, 6.45) is 1.59. The number of Topliss-reactive ketones (excluding diaryl/α,β-unsaturated/α-hetero) is 1. The van der Waals surface area contributed by atoms with Gasteiger partial charge in [0.05, 0.1) is 0 Å². The summed E-state index contributed by atoms with van der Waals surface area (Å²) in [6, 6.07) is 17.0. The van der Waals surface area contributed by atoms with Crippen LogP contribution >= 0.6 is 0 Å². The van der Waals surface area contributed by atoms with Crippen LogP contribution in [0.4, 0.5) is 11.4 Å². The molecular weight excluding hydrogens is 496 g/mol. The number of fused-ring (bicyclic) bond motifs is 1. The van der Waals surface area contributed by atoms with Crippen molar-refractivity contribution in [3.05, 3.63) is 77.3 Å². The number of aliphatic hydroxyl groups excluding tert-OH is 1. The van der Waals surface area contributed by atoms with Crippen molar-refractivity contribution in [1.29, 1.82) is 5.26 Å². The number of hydrogen-bond acceptors (Lipinski definition) is 7. The third kappa shape index (κ3) is 5.55. The maximum Gasteiger partial charge on any atom is 0.272 e. The third-order valence-corrected chi connectivity index (χ3v) is 6.82. The highest BCUT2D eigenvalue weighted by Crippen LogP contribution is 2.36. The van der Waals surface area contributed by atoms with Crippen LogP contribution in [0.5, 0.6) is 0 Å². The minimum Gasteiger partial charge on any atom is -0.511 e. The first-order valence-corrected chi connectivity index (χ1v) is 12.6. The Hall–Kier alpha value is -4.84. The number of rotatable bonds is 6. The van der Waals surface area contributed by atoms with Crippen molar-refractivity contribution in [2.24, 2.45) is 0 Å².